The van der Waals surface area contributed by atoms with E-state index >= 15 is 0 Å². The second kappa shape index (κ2) is 3.72. The highest BCUT2D eigenvalue weighted by Crippen LogP contribution is 2.70. The Bertz CT molecular complexity index is 542. The summed E-state index contributed by atoms with van der Waals surface area (Å²) in [6.45, 7) is 3.09. The fraction of sp³-hybridized carbons (Fsp3) is 0.385. The summed E-state index contributed by atoms with van der Waals surface area (Å²) in [5.74, 6) is -2.77. The molecule has 5 heteroatoms. The summed E-state index contributed by atoms with van der Waals surface area (Å²) in [4.78, 5) is 23.0. The van der Waals surface area contributed by atoms with Crippen molar-refractivity contribution in [2.45, 2.75) is 19.3 Å². The van der Waals surface area contributed by atoms with Gasteiger partial charge in [0, 0.05) is 5.02 Å². The Hall–Kier alpha value is -1.55. The van der Waals surface area contributed by atoms with E-state index in [4.69, 9.17) is 11.6 Å². The summed E-state index contributed by atoms with van der Waals surface area (Å²) in [7, 11) is 0. The maximum Gasteiger partial charge on any atom is 0.315 e. The van der Waals surface area contributed by atoms with Crippen molar-refractivity contribution in [3.8, 4) is 0 Å². The molecule has 0 saturated heterocycles. The van der Waals surface area contributed by atoms with E-state index in [9.17, 15) is 19.8 Å². The molecule has 4 nitrogen and oxygen atoms in total. The Kier molecular flexibility index (Phi) is 2.66. The zero-order chi connectivity index (χ0) is 13.7. The molecular weight excluding hydrogens is 256 g/mol. The zero-order valence-corrected chi connectivity index (χ0v) is 10.7. The second-order valence-corrected chi connectivity index (χ2v) is 5.23. The molecule has 0 heterocycles. The summed E-state index contributed by atoms with van der Waals surface area (Å²) in [6, 6.07) is 6.52. The SMILES string of the molecule is CC1C(C)(C(=O)O)C1(C(=O)O)c1ccccc1Cl. The molecule has 3 atom stereocenters. The van der Waals surface area contributed by atoms with Gasteiger partial charge in [-0.1, -0.05) is 36.7 Å². The number of rotatable bonds is 3. The molecule has 0 radical (unpaired) electrons. The molecule has 3 unspecified atom stereocenters. The van der Waals surface area contributed by atoms with Gasteiger partial charge in [0.05, 0.1) is 5.41 Å². The van der Waals surface area contributed by atoms with Crippen LogP contribution in [-0.2, 0) is 15.0 Å². The van der Waals surface area contributed by atoms with Gasteiger partial charge in [0.2, 0.25) is 0 Å². The van der Waals surface area contributed by atoms with Crippen molar-refractivity contribution in [2.24, 2.45) is 11.3 Å². The minimum absolute atomic E-state index is 0.289. The molecule has 1 aromatic rings. The van der Waals surface area contributed by atoms with Gasteiger partial charge in [0.15, 0.2) is 0 Å². The van der Waals surface area contributed by atoms with Gasteiger partial charge < -0.3 is 10.2 Å². The molecule has 0 aromatic heterocycles. The third kappa shape index (κ3) is 1.21. The molecule has 0 bridgehead atoms. The lowest BCUT2D eigenvalue weighted by Gasteiger charge is -2.17. The fourth-order valence-corrected chi connectivity index (χ4v) is 3.30. The molecule has 18 heavy (non-hydrogen) atoms. The van der Waals surface area contributed by atoms with Crippen molar-refractivity contribution in [1.29, 1.82) is 0 Å². The Balaban J connectivity index is 2.68. The average molecular weight is 269 g/mol. The molecule has 0 spiro atoms. The van der Waals surface area contributed by atoms with Crippen LogP contribution in [0.1, 0.15) is 19.4 Å². The lowest BCUT2D eigenvalue weighted by molar-refractivity contribution is -0.149. The zero-order valence-electron chi connectivity index (χ0n) is 9.98. The number of halogens is 1. The molecule has 1 aliphatic carbocycles. The van der Waals surface area contributed by atoms with Gasteiger partial charge in [-0.15, -0.1) is 0 Å². The van der Waals surface area contributed by atoms with Crippen molar-refractivity contribution < 1.29 is 19.8 Å². The van der Waals surface area contributed by atoms with Crippen LogP contribution in [0.2, 0.25) is 5.02 Å². The van der Waals surface area contributed by atoms with Crippen LogP contribution < -0.4 is 0 Å². The number of hydrogen-bond acceptors (Lipinski definition) is 2. The molecule has 2 rings (SSSR count). The molecule has 1 aliphatic rings. The lowest BCUT2D eigenvalue weighted by Crippen LogP contribution is -2.31. The van der Waals surface area contributed by atoms with Crippen molar-refractivity contribution in [1.82, 2.24) is 0 Å². The Labute approximate surface area is 109 Å². The topological polar surface area (TPSA) is 74.6 Å². The first-order chi connectivity index (χ1) is 8.31. The van der Waals surface area contributed by atoms with Gasteiger partial charge in [0.1, 0.15) is 5.41 Å². The second-order valence-electron chi connectivity index (χ2n) is 4.82. The first-order valence-electron chi connectivity index (χ1n) is 5.53. The van der Waals surface area contributed by atoms with Gasteiger partial charge in [0.25, 0.3) is 0 Å². The third-order valence-corrected chi connectivity index (χ3v) is 4.66. The van der Waals surface area contributed by atoms with E-state index in [1.807, 2.05) is 0 Å². The Morgan fingerprint density at radius 3 is 2.17 bits per heavy atom. The Morgan fingerprint density at radius 1 is 1.22 bits per heavy atom. The predicted molar refractivity (Wildman–Crippen MR) is 65.7 cm³/mol. The van der Waals surface area contributed by atoms with E-state index in [0.717, 1.165) is 0 Å². The first-order valence-corrected chi connectivity index (χ1v) is 5.90. The first kappa shape index (κ1) is 12.9. The Morgan fingerprint density at radius 2 is 1.78 bits per heavy atom. The summed E-state index contributed by atoms with van der Waals surface area (Å²) in [5, 5.41) is 19.1. The van der Waals surface area contributed by atoms with Crippen LogP contribution in [0, 0.1) is 11.3 Å². The monoisotopic (exact) mass is 268 g/mol. The maximum atomic E-state index is 11.6. The molecule has 1 aromatic carbocycles. The van der Waals surface area contributed by atoms with Crippen LogP contribution in [-0.4, -0.2) is 22.2 Å². The number of carboxylic acids is 2. The van der Waals surface area contributed by atoms with Crippen LogP contribution in [0.3, 0.4) is 0 Å². The molecule has 2 N–H and O–H groups in total. The summed E-state index contributed by atoms with van der Waals surface area (Å²) >= 11 is 6.03. The lowest BCUT2D eigenvalue weighted by atomic mass is 9.86. The maximum absolute atomic E-state index is 11.6. The van der Waals surface area contributed by atoms with Crippen LogP contribution in [0.25, 0.3) is 0 Å². The smallest absolute Gasteiger partial charge is 0.315 e. The van der Waals surface area contributed by atoms with E-state index in [2.05, 4.69) is 0 Å². The summed E-state index contributed by atoms with van der Waals surface area (Å²) in [6.07, 6.45) is 0. The van der Waals surface area contributed by atoms with Crippen LogP contribution in [0.4, 0.5) is 0 Å². The molecule has 0 aliphatic heterocycles. The van der Waals surface area contributed by atoms with Crippen LogP contribution in [0.5, 0.6) is 0 Å². The number of aliphatic carboxylic acids is 2. The highest BCUT2D eigenvalue weighted by atomic mass is 35.5. The van der Waals surface area contributed by atoms with E-state index in [-0.39, 0.29) is 5.02 Å². The van der Waals surface area contributed by atoms with Crippen LogP contribution >= 0.6 is 11.6 Å². The number of carbonyl (C=O) groups is 2. The van der Waals surface area contributed by atoms with Gasteiger partial charge in [-0.25, -0.2) is 0 Å². The van der Waals surface area contributed by atoms with Gasteiger partial charge in [-0.05, 0) is 24.5 Å². The van der Waals surface area contributed by atoms with Crippen molar-refractivity contribution >= 4 is 23.5 Å². The molecule has 1 fully saturated rings. The minimum atomic E-state index is -1.45. The van der Waals surface area contributed by atoms with E-state index in [1.165, 1.54) is 6.92 Å². The normalized spacial score (nSPS) is 34.1. The number of benzene rings is 1. The quantitative estimate of drug-likeness (QED) is 0.883. The van der Waals surface area contributed by atoms with Gasteiger partial charge >= 0.3 is 11.9 Å². The summed E-state index contributed by atoms with van der Waals surface area (Å²) in [5.41, 5.74) is -2.40. The molecule has 0 amide bonds. The van der Waals surface area contributed by atoms with E-state index < -0.39 is 28.7 Å². The van der Waals surface area contributed by atoms with Crippen molar-refractivity contribution in [3.63, 3.8) is 0 Å². The van der Waals surface area contributed by atoms with Crippen molar-refractivity contribution in [2.75, 3.05) is 0 Å². The molecule has 1 saturated carbocycles. The van der Waals surface area contributed by atoms with E-state index in [1.54, 1.807) is 31.2 Å². The number of hydrogen-bond donors (Lipinski definition) is 2. The number of carboxylic acid groups (broad SMARTS) is 2. The average Bonchev–Trinajstić information content (AvgIpc) is 2.80. The van der Waals surface area contributed by atoms with Crippen LogP contribution in [0.15, 0.2) is 24.3 Å². The summed E-state index contributed by atoms with van der Waals surface area (Å²) < 4.78 is 0. The standard InChI is InChI=1S/C13H13ClO4/c1-7-12(2,10(15)16)13(7,11(17)18)8-5-3-4-6-9(8)14/h3-7H,1-2H3,(H,15,16)(H,17,18). The third-order valence-electron chi connectivity index (χ3n) is 4.33. The largest absolute Gasteiger partial charge is 0.481 e. The molecular formula is C13H13ClO4. The van der Waals surface area contributed by atoms with E-state index in [0.29, 0.717) is 5.56 Å². The minimum Gasteiger partial charge on any atom is -0.481 e. The van der Waals surface area contributed by atoms with Gasteiger partial charge in [-0.2, -0.15) is 0 Å². The highest BCUT2D eigenvalue weighted by molar-refractivity contribution is 6.32. The van der Waals surface area contributed by atoms with Crippen molar-refractivity contribution in [3.05, 3.63) is 34.9 Å². The van der Waals surface area contributed by atoms with Gasteiger partial charge in [-0.3, -0.25) is 9.59 Å². The highest BCUT2D eigenvalue weighted by Gasteiger charge is 2.81. The fourth-order valence-electron chi connectivity index (χ4n) is 3.01. The molecule has 96 valence electrons. The predicted octanol–water partition coefficient (Wildman–Crippen LogP) is 2.40.